The Morgan fingerprint density at radius 1 is 1.33 bits per heavy atom. The quantitative estimate of drug-likeness (QED) is 0.522. The SMILES string of the molecule is O=S(=O)(F)OC1CCCCC1Cl. The molecule has 0 amide bonds. The third-order valence-electron chi connectivity index (χ3n) is 1.86. The van der Waals surface area contributed by atoms with Gasteiger partial charge < -0.3 is 0 Å². The summed E-state index contributed by atoms with van der Waals surface area (Å²) in [5.41, 5.74) is 0. The molecule has 1 saturated carbocycles. The molecule has 0 heterocycles. The van der Waals surface area contributed by atoms with Crippen molar-refractivity contribution >= 4 is 22.1 Å². The standard InChI is InChI=1S/C6H10ClFO3S/c7-5-3-1-2-4-6(5)11-12(8,9)10/h5-6H,1-4H2. The molecule has 0 aliphatic heterocycles. The van der Waals surface area contributed by atoms with Gasteiger partial charge in [0.05, 0.1) is 11.5 Å². The van der Waals surface area contributed by atoms with Crippen molar-refractivity contribution in [3.8, 4) is 0 Å². The Morgan fingerprint density at radius 3 is 2.42 bits per heavy atom. The van der Waals surface area contributed by atoms with Gasteiger partial charge in [0.1, 0.15) is 0 Å². The third-order valence-corrected chi connectivity index (χ3v) is 2.84. The fraction of sp³-hybridized carbons (Fsp3) is 1.00. The van der Waals surface area contributed by atoms with Crippen molar-refractivity contribution in [3.63, 3.8) is 0 Å². The molecule has 72 valence electrons. The lowest BCUT2D eigenvalue weighted by molar-refractivity contribution is 0.156. The van der Waals surface area contributed by atoms with Crippen molar-refractivity contribution in [2.75, 3.05) is 0 Å². The molecule has 0 saturated heterocycles. The van der Waals surface area contributed by atoms with Crippen LogP contribution in [0.4, 0.5) is 3.89 Å². The maximum atomic E-state index is 12.0. The predicted molar refractivity (Wildman–Crippen MR) is 43.0 cm³/mol. The minimum atomic E-state index is -4.84. The van der Waals surface area contributed by atoms with Gasteiger partial charge in [-0.2, -0.15) is 8.42 Å². The highest BCUT2D eigenvalue weighted by Crippen LogP contribution is 2.26. The highest BCUT2D eigenvalue weighted by molar-refractivity contribution is 7.81. The van der Waals surface area contributed by atoms with Gasteiger partial charge in [-0.1, -0.05) is 16.7 Å². The molecule has 1 aliphatic rings. The van der Waals surface area contributed by atoms with Crippen LogP contribution in [0, 0.1) is 0 Å². The van der Waals surface area contributed by atoms with Crippen molar-refractivity contribution in [2.24, 2.45) is 0 Å². The Balaban J connectivity index is 2.50. The van der Waals surface area contributed by atoms with Gasteiger partial charge in [-0.25, -0.2) is 4.18 Å². The van der Waals surface area contributed by atoms with Crippen molar-refractivity contribution in [1.82, 2.24) is 0 Å². The summed E-state index contributed by atoms with van der Waals surface area (Å²) in [5, 5.41) is -0.385. The average Bonchev–Trinajstić information content (AvgIpc) is 1.91. The summed E-state index contributed by atoms with van der Waals surface area (Å²) in [4.78, 5) is 0. The first-order chi connectivity index (χ1) is 5.49. The molecule has 1 rings (SSSR count). The second-order valence-corrected chi connectivity index (χ2v) is 4.37. The maximum absolute atomic E-state index is 12.0. The number of halogens is 2. The lowest BCUT2D eigenvalue weighted by Crippen LogP contribution is -2.29. The maximum Gasteiger partial charge on any atom is 0.437 e. The van der Waals surface area contributed by atoms with E-state index in [1.807, 2.05) is 0 Å². The van der Waals surface area contributed by atoms with Gasteiger partial charge in [0.25, 0.3) is 0 Å². The second-order valence-electron chi connectivity index (χ2n) is 2.83. The van der Waals surface area contributed by atoms with E-state index < -0.39 is 16.6 Å². The van der Waals surface area contributed by atoms with E-state index in [1.54, 1.807) is 0 Å². The van der Waals surface area contributed by atoms with Gasteiger partial charge in [-0.05, 0) is 12.8 Å². The van der Waals surface area contributed by atoms with E-state index in [2.05, 4.69) is 4.18 Å². The van der Waals surface area contributed by atoms with Crippen LogP contribution in [-0.4, -0.2) is 19.9 Å². The average molecular weight is 217 g/mol. The Morgan fingerprint density at radius 2 is 1.92 bits per heavy atom. The minimum absolute atomic E-state index is 0.385. The summed E-state index contributed by atoms with van der Waals surface area (Å²) in [7, 11) is -4.84. The Labute approximate surface area is 76.3 Å². The van der Waals surface area contributed by atoms with E-state index in [0.717, 1.165) is 12.8 Å². The summed E-state index contributed by atoms with van der Waals surface area (Å²) in [6.45, 7) is 0. The van der Waals surface area contributed by atoms with E-state index >= 15 is 0 Å². The van der Waals surface area contributed by atoms with Crippen molar-refractivity contribution in [2.45, 2.75) is 37.2 Å². The second kappa shape index (κ2) is 3.89. The van der Waals surface area contributed by atoms with Crippen LogP contribution in [0.1, 0.15) is 25.7 Å². The van der Waals surface area contributed by atoms with Gasteiger partial charge in [0, 0.05) is 0 Å². The predicted octanol–water partition coefficient (Wildman–Crippen LogP) is 1.77. The molecule has 0 bridgehead atoms. The Kier molecular flexibility index (Phi) is 3.31. The summed E-state index contributed by atoms with van der Waals surface area (Å²) in [5.74, 6) is 0. The van der Waals surface area contributed by atoms with Crippen LogP contribution >= 0.6 is 11.6 Å². The molecule has 0 N–H and O–H groups in total. The summed E-state index contributed by atoms with van der Waals surface area (Å²) in [6.07, 6.45) is 2.29. The lowest BCUT2D eigenvalue weighted by Gasteiger charge is -2.24. The summed E-state index contributed by atoms with van der Waals surface area (Å²) >= 11 is 5.73. The van der Waals surface area contributed by atoms with Crippen LogP contribution in [-0.2, 0) is 14.7 Å². The van der Waals surface area contributed by atoms with E-state index in [9.17, 15) is 12.3 Å². The molecule has 1 fully saturated rings. The first-order valence-electron chi connectivity index (χ1n) is 3.76. The minimum Gasteiger partial charge on any atom is -0.240 e. The zero-order valence-electron chi connectivity index (χ0n) is 6.37. The molecular formula is C6H10ClFO3S. The summed E-state index contributed by atoms with van der Waals surface area (Å²) in [6, 6.07) is 0. The van der Waals surface area contributed by atoms with Crippen molar-refractivity contribution in [3.05, 3.63) is 0 Å². The first-order valence-corrected chi connectivity index (χ1v) is 5.50. The molecule has 12 heavy (non-hydrogen) atoms. The van der Waals surface area contributed by atoms with Crippen LogP contribution in [0.25, 0.3) is 0 Å². The number of alkyl halides is 1. The highest BCUT2D eigenvalue weighted by atomic mass is 35.5. The van der Waals surface area contributed by atoms with Crippen LogP contribution in [0.15, 0.2) is 0 Å². The van der Waals surface area contributed by atoms with E-state index in [0.29, 0.717) is 12.8 Å². The topological polar surface area (TPSA) is 43.4 Å². The van der Waals surface area contributed by atoms with Gasteiger partial charge in [0.2, 0.25) is 0 Å². The van der Waals surface area contributed by atoms with Crippen molar-refractivity contribution < 1.29 is 16.5 Å². The van der Waals surface area contributed by atoms with E-state index in [1.165, 1.54) is 0 Å². The molecular weight excluding hydrogens is 207 g/mol. The highest BCUT2D eigenvalue weighted by Gasteiger charge is 2.28. The molecule has 0 radical (unpaired) electrons. The van der Waals surface area contributed by atoms with Crippen molar-refractivity contribution in [1.29, 1.82) is 0 Å². The largest absolute Gasteiger partial charge is 0.437 e. The van der Waals surface area contributed by atoms with Gasteiger partial charge in [-0.3, -0.25) is 0 Å². The molecule has 0 aromatic rings. The Hall–Kier alpha value is 0.130. The van der Waals surface area contributed by atoms with Crippen LogP contribution in [0.5, 0.6) is 0 Å². The zero-order valence-corrected chi connectivity index (χ0v) is 7.94. The Bertz CT molecular complexity index is 241. The number of hydrogen-bond acceptors (Lipinski definition) is 3. The lowest BCUT2D eigenvalue weighted by atomic mass is 9.97. The fourth-order valence-corrected chi connectivity index (χ4v) is 2.23. The fourth-order valence-electron chi connectivity index (χ4n) is 1.31. The first kappa shape index (κ1) is 10.2. The molecule has 1 aliphatic carbocycles. The van der Waals surface area contributed by atoms with Crippen LogP contribution in [0.2, 0.25) is 0 Å². The molecule has 2 unspecified atom stereocenters. The molecule has 2 atom stereocenters. The van der Waals surface area contributed by atoms with E-state index in [4.69, 9.17) is 11.6 Å². The molecule has 6 heteroatoms. The number of hydrogen-bond donors (Lipinski definition) is 0. The van der Waals surface area contributed by atoms with Crippen LogP contribution < -0.4 is 0 Å². The van der Waals surface area contributed by atoms with Gasteiger partial charge in [-0.15, -0.1) is 11.6 Å². The molecule has 0 aromatic heterocycles. The zero-order chi connectivity index (χ0) is 9.19. The van der Waals surface area contributed by atoms with Crippen LogP contribution in [0.3, 0.4) is 0 Å². The van der Waals surface area contributed by atoms with E-state index in [-0.39, 0.29) is 5.38 Å². The monoisotopic (exact) mass is 216 g/mol. The number of rotatable bonds is 2. The van der Waals surface area contributed by atoms with Gasteiger partial charge in [0.15, 0.2) is 0 Å². The normalized spacial score (nSPS) is 31.8. The smallest absolute Gasteiger partial charge is 0.240 e. The third kappa shape index (κ3) is 3.25. The summed E-state index contributed by atoms with van der Waals surface area (Å²) < 4.78 is 36.4. The molecule has 0 spiro atoms. The molecule has 3 nitrogen and oxygen atoms in total. The van der Waals surface area contributed by atoms with Gasteiger partial charge >= 0.3 is 10.5 Å². The molecule has 0 aromatic carbocycles.